The highest BCUT2D eigenvalue weighted by atomic mass is 16.2. The first-order chi connectivity index (χ1) is 12.1. The second-order valence-electron chi connectivity index (χ2n) is 6.78. The molecule has 0 spiro atoms. The van der Waals surface area contributed by atoms with E-state index in [4.69, 9.17) is 0 Å². The van der Waals surface area contributed by atoms with Gasteiger partial charge in [0.05, 0.1) is 6.54 Å². The van der Waals surface area contributed by atoms with Crippen LogP contribution in [0.2, 0.25) is 0 Å². The maximum absolute atomic E-state index is 12.4. The quantitative estimate of drug-likeness (QED) is 0.708. The topological polar surface area (TPSA) is 52.7 Å². The van der Waals surface area contributed by atoms with Gasteiger partial charge in [0.2, 0.25) is 5.91 Å². The Kier molecular flexibility index (Phi) is 7.44. The van der Waals surface area contributed by atoms with E-state index in [1.54, 1.807) is 17.0 Å². The van der Waals surface area contributed by atoms with E-state index in [1.165, 1.54) is 12.8 Å². The monoisotopic (exact) mass is 345 g/mol. The summed E-state index contributed by atoms with van der Waals surface area (Å²) in [6, 6.07) is 7.22. The number of carbonyl (C=O) groups is 2. The predicted molar refractivity (Wildman–Crippen MR) is 102 cm³/mol. The maximum atomic E-state index is 12.4. The zero-order valence-corrected chi connectivity index (χ0v) is 15.8. The van der Waals surface area contributed by atoms with Crippen LogP contribution in [0, 0.1) is 5.92 Å². The van der Waals surface area contributed by atoms with Crippen LogP contribution in [0.25, 0.3) is 0 Å². The minimum atomic E-state index is -0.0125. The fraction of sp³-hybridized carbons (Fsp3) is 0.600. The molecule has 138 valence electrons. The third kappa shape index (κ3) is 6.16. The Morgan fingerprint density at radius 2 is 1.88 bits per heavy atom. The first-order valence-electron chi connectivity index (χ1n) is 9.48. The summed E-state index contributed by atoms with van der Waals surface area (Å²) in [7, 11) is 0. The van der Waals surface area contributed by atoms with Gasteiger partial charge in [-0.25, -0.2) is 0 Å². The van der Waals surface area contributed by atoms with Crippen molar-refractivity contribution in [1.82, 2.24) is 9.80 Å². The van der Waals surface area contributed by atoms with Gasteiger partial charge in [-0.1, -0.05) is 13.0 Å². The largest absolute Gasteiger partial charge is 0.339 e. The van der Waals surface area contributed by atoms with Gasteiger partial charge in [0.15, 0.2) is 0 Å². The molecule has 1 aromatic rings. The van der Waals surface area contributed by atoms with Crippen LogP contribution in [0.4, 0.5) is 5.69 Å². The van der Waals surface area contributed by atoms with Crippen molar-refractivity contribution >= 4 is 17.5 Å². The molecule has 1 aliphatic rings. The molecule has 2 amide bonds. The van der Waals surface area contributed by atoms with E-state index in [0.29, 0.717) is 30.9 Å². The lowest BCUT2D eigenvalue weighted by atomic mass is 10.1. The van der Waals surface area contributed by atoms with E-state index in [9.17, 15) is 9.59 Å². The fourth-order valence-corrected chi connectivity index (χ4v) is 3.04. The van der Waals surface area contributed by atoms with Crippen LogP contribution in [-0.4, -0.2) is 54.3 Å². The number of nitrogens with zero attached hydrogens (tertiary/aromatic N) is 2. The Bertz CT molecular complexity index is 580. The van der Waals surface area contributed by atoms with Gasteiger partial charge in [0.1, 0.15) is 0 Å². The summed E-state index contributed by atoms with van der Waals surface area (Å²) < 4.78 is 0. The molecular weight excluding hydrogens is 314 g/mol. The number of benzene rings is 1. The summed E-state index contributed by atoms with van der Waals surface area (Å²) >= 11 is 0. The van der Waals surface area contributed by atoms with Crippen LogP contribution in [0.1, 0.15) is 50.4 Å². The molecule has 1 fully saturated rings. The Balaban J connectivity index is 1.95. The SMILES string of the molecule is CCCN(CC(=O)Nc1cccc(C(=O)N(CC)CC)c1)CC1CC1. The van der Waals surface area contributed by atoms with Crippen LogP contribution in [0.15, 0.2) is 24.3 Å². The third-order valence-electron chi connectivity index (χ3n) is 4.56. The fourth-order valence-electron chi connectivity index (χ4n) is 3.04. The van der Waals surface area contributed by atoms with Gasteiger partial charge in [-0.3, -0.25) is 14.5 Å². The normalized spacial score (nSPS) is 13.8. The van der Waals surface area contributed by atoms with E-state index in [-0.39, 0.29) is 11.8 Å². The summed E-state index contributed by atoms with van der Waals surface area (Å²) in [5, 5.41) is 2.94. The molecule has 1 saturated carbocycles. The van der Waals surface area contributed by atoms with E-state index >= 15 is 0 Å². The Morgan fingerprint density at radius 1 is 1.16 bits per heavy atom. The third-order valence-corrected chi connectivity index (χ3v) is 4.56. The molecule has 5 heteroatoms. The predicted octanol–water partition coefficient (Wildman–Crippen LogP) is 3.23. The lowest BCUT2D eigenvalue weighted by Crippen LogP contribution is -2.35. The first-order valence-corrected chi connectivity index (χ1v) is 9.48. The summed E-state index contributed by atoms with van der Waals surface area (Å²) in [5.74, 6) is 0.762. The molecule has 0 saturated heterocycles. The lowest BCUT2D eigenvalue weighted by Gasteiger charge is -2.21. The summed E-state index contributed by atoms with van der Waals surface area (Å²) in [5.41, 5.74) is 1.30. The van der Waals surface area contributed by atoms with Gasteiger partial charge in [-0.05, 0) is 63.8 Å². The molecule has 0 aromatic heterocycles. The number of carbonyl (C=O) groups excluding carboxylic acids is 2. The molecular formula is C20H31N3O2. The average molecular weight is 345 g/mol. The highest BCUT2D eigenvalue weighted by Gasteiger charge is 2.25. The van der Waals surface area contributed by atoms with Crippen LogP contribution >= 0.6 is 0 Å². The van der Waals surface area contributed by atoms with E-state index < -0.39 is 0 Å². The van der Waals surface area contributed by atoms with Crippen molar-refractivity contribution in [3.63, 3.8) is 0 Å². The minimum Gasteiger partial charge on any atom is -0.339 e. The highest BCUT2D eigenvalue weighted by Crippen LogP contribution is 2.29. The molecule has 5 nitrogen and oxygen atoms in total. The smallest absolute Gasteiger partial charge is 0.253 e. The van der Waals surface area contributed by atoms with Crippen molar-refractivity contribution in [2.45, 2.75) is 40.0 Å². The van der Waals surface area contributed by atoms with Crippen molar-refractivity contribution in [1.29, 1.82) is 0 Å². The lowest BCUT2D eigenvalue weighted by molar-refractivity contribution is -0.117. The van der Waals surface area contributed by atoms with E-state index in [2.05, 4.69) is 17.1 Å². The number of nitrogens with one attached hydrogen (secondary N) is 1. The second kappa shape index (κ2) is 9.56. The van der Waals surface area contributed by atoms with Crippen molar-refractivity contribution in [3.8, 4) is 0 Å². The van der Waals surface area contributed by atoms with Crippen molar-refractivity contribution < 1.29 is 9.59 Å². The number of rotatable bonds is 10. The maximum Gasteiger partial charge on any atom is 0.253 e. The molecule has 1 N–H and O–H groups in total. The zero-order chi connectivity index (χ0) is 18.2. The summed E-state index contributed by atoms with van der Waals surface area (Å²) in [4.78, 5) is 28.8. The van der Waals surface area contributed by atoms with Gasteiger partial charge >= 0.3 is 0 Å². The number of amides is 2. The molecule has 0 bridgehead atoms. The standard InChI is InChI=1S/C20H31N3O2/c1-4-12-22(14-16-10-11-16)15-19(24)21-18-9-7-8-17(13-18)20(25)23(5-2)6-3/h7-9,13,16H,4-6,10-12,14-15H2,1-3H3,(H,21,24). The van der Waals surface area contributed by atoms with Gasteiger partial charge < -0.3 is 10.2 Å². The molecule has 25 heavy (non-hydrogen) atoms. The Morgan fingerprint density at radius 3 is 2.48 bits per heavy atom. The molecule has 1 aliphatic carbocycles. The van der Waals surface area contributed by atoms with Gasteiger partial charge in [0.25, 0.3) is 5.91 Å². The molecule has 0 atom stereocenters. The van der Waals surface area contributed by atoms with Crippen LogP contribution < -0.4 is 5.32 Å². The Hall–Kier alpha value is -1.88. The highest BCUT2D eigenvalue weighted by molar-refractivity contribution is 5.97. The molecule has 2 rings (SSSR count). The number of hydrogen-bond donors (Lipinski definition) is 1. The molecule has 0 unspecified atom stereocenters. The summed E-state index contributed by atoms with van der Waals surface area (Å²) in [6.45, 7) is 9.81. The van der Waals surface area contributed by atoms with Crippen LogP contribution in [0.5, 0.6) is 0 Å². The summed E-state index contributed by atoms with van der Waals surface area (Å²) in [6.07, 6.45) is 3.63. The minimum absolute atomic E-state index is 0.00226. The van der Waals surface area contributed by atoms with Gasteiger partial charge in [0, 0.05) is 30.9 Å². The van der Waals surface area contributed by atoms with Crippen molar-refractivity contribution in [2.75, 3.05) is 38.0 Å². The van der Waals surface area contributed by atoms with E-state index in [1.807, 2.05) is 26.0 Å². The van der Waals surface area contributed by atoms with E-state index in [0.717, 1.165) is 25.4 Å². The zero-order valence-electron chi connectivity index (χ0n) is 15.8. The molecule has 0 aliphatic heterocycles. The molecule has 1 aromatic carbocycles. The first kappa shape index (κ1) is 19.4. The number of hydrogen-bond acceptors (Lipinski definition) is 3. The van der Waals surface area contributed by atoms with Crippen LogP contribution in [-0.2, 0) is 4.79 Å². The molecule has 0 radical (unpaired) electrons. The number of anilines is 1. The van der Waals surface area contributed by atoms with Crippen molar-refractivity contribution in [3.05, 3.63) is 29.8 Å². The Labute approximate surface area is 151 Å². The van der Waals surface area contributed by atoms with Gasteiger partial charge in [-0.2, -0.15) is 0 Å². The van der Waals surface area contributed by atoms with Crippen LogP contribution in [0.3, 0.4) is 0 Å². The average Bonchev–Trinajstić information content (AvgIpc) is 3.40. The molecule has 0 heterocycles. The second-order valence-corrected chi connectivity index (χ2v) is 6.78. The van der Waals surface area contributed by atoms with Gasteiger partial charge in [-0.15, -0.1) is 0 Å². The van der Waals surface area contributed by atoms with Crippen molar-refractivity contribution in [2.24, 2.45) is 5.92 Å².